The maximum atomic E-state index is 2.73. The van der Waals surface area contributed by atoms with Crippen molar-refractivity contribution in [2.24, 2.45) is 0 Å². The normalized spacial score (nSPS) is 17.5. The lowest BCUT2D eigenvalue weighted by Crippen LogP contribution is -2.60. The quantitative estimate of drug-likeness (QED) is 0.140. The first-order valence-electron chi connectivity index (χ1n) is 28.3. The van der Waals surface area contributed by atoms with Gasteiger partial charge in [-0.2, -0.15) is 0 Å². The average Bonchev–Trinajstić information content (AvgIpc) is 3.80. The average molecular weight is 1000 g/mol. The lowest BCUT2D eigenvalue weighted by atomic mass is 9.36. The Labute approximate surface area is 454 Å². The van der Waals surface area contributed by atoms with Gasteiger partial charge in [-0.15, -0.1) is 11.3 Å². The van der Waals surface area contributed by atoms with Crippen LogP contribution in [0.2, 0.25) is 0 Å². The van der Waals surface area contributed by atoms with Crippen LogP contribution in [0.25, 0.3) is 10.1 Å². The Morgan fingerprint density at radius 3 is 1.44 bits per heavy atom. The van der Waals surface area contributed by atoms with Gasteiger partial charge in [-0.3, -0.25) is 0 Å². The summed E-state index contributed by atoms with van der Waals surface area (Å²) < 4.78 is 2.83. The van der Waals surface area contributed by atoms with Crippen LogP contribution in [0.5, 0.6) is 0 Å². The standard InChI is InChI=1S/C70H78BN3S/c1-42(2)46-16-22-49(23-17-46)72(50-24-18-47(19-25-50)43(3)4)53-29-31-59-60(39-53)73(51-26-20-48(21-27-51)44(5)6)61-36-45(7)37-62-64(61)71(59)66-65(54-40-57-58(41-63(54)75-66)70(14,15)35-34-69(57,12)13)74(62)52-28-30-55-56(38-52)68(10,11)33-32-67(55,8)9/h16-31,36-44H,32-35H2,1-15H3. The predicted octanol–water partition coefficient (Wildman–Crippen LogP) is 18.8. The van der Waals surface area contributed by atoms with Crippen LogP contribution < -0.4 is 30.4 Å². The summed E-state index contributed by atoms with van der Waals surface area (Å²) in [6.07, 6.45) is 4.75. The molecule has 0 atom stereocenters. The van der Waals surface area contributed by atoms with E-state index in [0.717, 1.165) is 17.1 Å². The van der Waals surface area contributed by atoms with Crippen LogP contribution in [0.4, 0.5) is 51.2 Å². The van der Waals surface area contributed by atoms with Gasteiger partial charge in [0.05, 0.1) is 5.69 Å². The van der Waals surface area contributed by atoms with Crippen molar-refractivity contribution in [3.63, 3.8) is 0 Å². The number of thiophene rings is 1. The van der Waals surface area contributed by atoms with Gasteiger partial charge in [0.2, 0.25) is 0 Å². The molecule has 8 aromatic rings. The highest BCUT2D eigenvalue weighted by Gasteiger charge is 2.47. The van der Waals surface area contributed by atoms with E-state index in [1.807, 2.05) is 11.3 Å². The third kappa shape index (κ3) is 8.03. The van der Waals surface area contributed by atoms with Gasteiger partial charge in [-0.1, -0.05) is 145 Å². The molecule has 4 aliphatic rings. The van der Waals surface area contributed by atoms with Crippen molar-refractivity contribution in [2.75, 3.05) is 14.7 Å². The Hall–Kier alpha value is -6.04. The second-order valence-corrected chi connectivity index (χ2v) is 27.7. The van der Waals surface area contributed by atoms with Crippen LogP contribution in [0.3, 0.4) is 0 Å². The van der Waals surface area contributed by atoms with Crippen molar-refractivity contribution in [3.8, 4) is 0 Å². The SMILES string of the molecule is Cc1cc2c3c(c1)N(c1ccc4c(c1)C(C)(C)CCC4(C)C)c1c(sc4cc5c(cc14)C(C)(C)CCC5(C)C)B3c1ccc(N(c3ccc(C(C)C)cc3)c3ccc(C(C)C)cc3)cc1N2c1ccc(C(C)C)cc1. The van der Waals surface area contributed by atoms with Crippen molar-refractivity contribution in [1.29, 1.82) is 0 Å². The van der Waals surface area contributed by atoms with E-state index in [9.17, 15) is 0 Å². The van der Waals surface area contributed by atoms with Gasteiger partial charge >= 0.3 is 0 Å². The van der Waals surface area contributed by atoms with Gasteiger partial charge in [0.25, 0.3) is 6.71 Å². The second kappa shape index (κ2) is 17.5. The summed E-state index contributed by atoms with van der Waals surface area (Å²) in [7, 11) is 0. The van der Waals surface area contributed by atoms with Crippen LogP contribution in [0.15, 0.2) is 133 Å². The summed E-state index contributed by atoms with van der Waals surface area (Å²) in [6, 6.07) is 53.3. The summed E-state index contributed by atoms with van der Waals surface area (Å²) in [5.41, 5.74) is 25.5. The maximum Gasteiger partial charge on any atom is 0.264 e. The molecule has 0 bridgehead atoms. The molecule has 3 nitrogen and oxygen atoms in total. The monoisotopic (exact) mass is 1000 g/mol. The Morgan fingerprint density at radius 1 is 0.453 bits per heavy atom. The van der Waals surface area contributed by atoms with E-state index >= 15 is 0 Å². The first-order chi connectivity index (χ1) is 35.5. The van der Waals surface area contributed by atoms with Crippen LogP contribution >= 0.6 is 11.3 Å². The zero-order valence-corrected chi connectivity index (χ0v) is 48.4. The Bertz CT molecular complexity index is 3500. The van der Waals surface area contributed by atoms with Crippen LogP contribution in [0, 0.1) is 6.92 Å². The fraction of sp³-hybridized carbons (Fsp3) is 0.371. The van der Waals surface area contributed by atoms with Crippen LogP contribution in [-0.4, -0.2) is 6.71 Å². The molecule has 3 heterocycles. The van der Waals surface area contributed by atoms with Gasteiger partial charge in [0.1, 0.15) is 0 Å². The fourth-order valence-electron chi connectivity index (χ4n) is 13.5. The molecule has 0 radical (unpaired) electrons. The van der Waals surface area contributed by atoms with E-state index in [1.54, 1.807) is 0 Å². The lowest BCUT2D eigenvalue weighted by molar-refractivity contribution is 0.332. The smallest absolute Gasteiger partial charge is 0.264 e. The summed E-state index contributed by atoms with van der Waals surface area (Å²) in [5, 5.41) is 1.39. The van der Waals surface area contributed by atoms with Crippen molar-refractivity contribution in [1.82, 2.24) is 0 Å². The lowest BCUT2D eigenvalue weighted by Gasteiger charge is -2.45. The number of hydrogen-bond donors (Lipinski definition) is 0. The van der Waals surface area contributed by atoms with E-state index < -0.39 is 0 Å². The number of aryl methyl sites for hydroxylation is 1. The van der Waals surface area contributed by atoms with Gasteiger partial charge in [-0.25, -0.2) is 0 Å². The zero-order valence-electron chi connectivity index (χ0n) is 47.6. The van der Waals surface area contributed by atoms with Gasteiger partial charge in [0, 0.05) is 60.4 Å². The first-order valence-corrected chi connectivity index (χ1v) is 29.1. The highest BCUT2D eigenvalue weighted by molar-refractivity contribution is 7.33. The highest BCUT2D eigenvalue weighted by atomic mass is 32.1. The van der Waals surface area contributed by atoms with Crippen LogP contribution in [0.1, 0.15) is 185 Å². The molecule has 0 saturated heterocycles. The molecular formula is C70H78BN3S. The summed E-state index contributed by atoms with van der Waals surface area (Å²) in [5.74, 6) is 1.33. The van der Waals surface area contributed by atoms with Gasteiger partial charge in [-0.05, 0) is 212 Å². The first kappa shape index (κ1) is 49.8. The van der Waals surface area contributed by atoms with E-state index in [1.165, 1.54) is 130 Å². The van der Waals surface area contributed by atoms with E-state index in [0.29, 0.717) is 17.8 Å². The minimum Gasteiger partial charge on any atom is -0.311 e. The summed E-state index contributed by atoms with van der Waals surface area (Å²) in [4.78, 5) is 7.82. The molecular weight excluding hydrogens is 926 g/mol. The van der Waals surface area contributed by atoms with E-state index in [-0.39, 0.29) is 28.4 Å². The van der Waals surface area contributed by atoms with E-state index in [2.05, 4.69) is 252 Å². The minimum absolute atomic E-state index is 0.0182. The number of rotatable bonds is 8. The zero-order chi connectivity index (χ0) is 52.8. The van der Waals surface area contributed by atoms with Gasteiger partial charge < -0.3 is 14.7 Å². The molecule has 2 aliphatic heterocycles. The number of fused-ring (bicyclic) bond motifs is 8. The molecule has 7 aromatic carbocycles. The summed E-state index contributed by atoms with van der Waals surface area (Å²) >= 11 is 2.05. The van der Waals surface area contributed by atoms with Crippen molar-refractivity contribution in [2.45, 2.75) is 169 Å². The van der Waals surface area contributed by atoms with Crippen molar-refractivity contribution < 1.29 is 0 Å². The second-order valence-electron chi connectivity index (χ2n) is 26.6. The van der Waals surface area contributed by atoms with E-state index in [4.69, 9.17) is 0 Å². The molecule has 5 heteroatoms. The number of hydrogen-bond acceptors (Lipinski definition) is 4. The van der Waals surface area contributed by atoms with Crippen LogP contribution in [-0.2, 0) is 21.7 Å². The van der Waals surface area contributed by atoms with Gasteiger partial charge in [0.15, 0.2) is 0 Å². The minimum atomic E-state index is 0.0182. The number of benzene rings is 7. The molecule has 382 valence electrons. The molecule has 1 aromatic heterocycles. The topological polar surface area (TPSA) is 9.72 Å². The number of nitrogens with zero attached hydrogens (tertiary/aromatic N) is 3. The molecule has 75 heavy (non-hydrogen) atoms. The molecule has 0 unspecified atom stereocenters. The third-order valence-corrected chi connectivity index (χ3v) is 19.8. The molecule has 0 saturated carbocycles. The Balaban J connectivity index is 1.16. The third-order valence-electron chi connectivity index (χ3n) is 18.6. The Kier molecular flexibility index (Phi) is 11.6. The molecule has 0 fully saturated rings. The number of anilines is 9. The van der Waals surface area contributed by atoms with Crippen molar-refractivity contribution >= 4 is 95.0 Å². The molecule has 0 spiro atoms. The largest absolute Gasteiger partial charge is 0.311 e. The fourth-order valence-corrected chi connectivity index (χ4v) is 14.9. The molecule has 0 N–H and O–H groups in total. The highest BCUT2D eigenvalue weighted by Crippen LogP contribution is 2.55. The molecule has 12 rings (SSSR count). The predicted molar refractivity (Wildman–Crippen MR) is 328 cm³/mol. The molecule has 0 amide bonds. The Morgan fingerprint density at radius 2 is 0.907 bits per heavy atom. The molecule has 2 aliphatic carbocycles. The van der Waals surface area contributed by atoms with Crippen molar-refractivity contribution in [3.05, 3.63) is 178 Å². The summed E-state index contributed by atoms with van der Waals surface area (Å²) in [6.45, 7) is 35.9. The maximum absolute atomic E-state index is 2.73.